The van der Waals surface area contributed by atoms with E-state index in [1.54, 1.807) is 0 Å². The molecule has 1 aromatic carbocycles. The number of anilines is 1. The van der Waals surface area contributed by atoms with Gasteiger partial charge in [-0.25, -0.2) is 13.2 Å². The van der Waals surface area contributed by atoms with Gasteiger partial charge in [0, 0.05) is 24.1 Å². The second kappa shape index (κ2) is 5.61. The first-order valence-corrected chi connectivity index (χ1v) is 6.18. The molecule has 0 saturated heterocycles. The Balaban J connectivity index is 2.05. The summed E-state index contributed by atoms with van der Waals surface area (Å²) in [7, 11) is 0. The summed E-state index contributed by atoms with van der Waals surface area (Å²) in [6.45, 7) is 0. The highest BCUT2D eigenvalue weighted by Crippen LogP contribution is 2.25. The number of hydrogen-bond donors (Lipinski definition) is 2. The second-order valence-corrected chi connectivity index (χ2v) is 4.85. The maximum Gasteiger partial charge on any atom is 0.227 e. The molecule has 1 saturated carbocycles. The minimum absolute atomic E-state index is 0.101. The average molecular weight is 272 g/mol. The van der Waals surface area contributed by atoms with Gasteiger partial charge in [0.25, 0.3) is 0 Å². The summed E-state index contributed by atoms with van der Waals surface area (Å²) in [5, 5.41) is 2.30. The molecule has 104 valence electrons. The van der Waals surface area contributed by atoms with Gasteiger partial charge in [-0.2, -0.15) is 0 Å². The highest BCUT2D eigenvalue weighted by atomic mass is 19.2. The summed E-state index contributed by atoms with van der Waals surface area (Å²) in [6.07, 6.45) is 2.72. The van der Waals surface area contributed by atoms with Gasteiger partial charge in [0.05, 0.1) is 5.69 Å². The molecule has 1 aromatic rings. The van der Waals surface area contributed by atoms with Gasteiger partial charge in [0.1, 0.15) is 5.82 Å². The van der Waals surface area contributed by atoms with Crippen molar-refractivity contribution in [3.05, 3.63) is 29.6 Å². The number of carbonyl (C=O) groups excluding carboxylic acids is 1. The summed E-state index contributed by atoms with van der Waals surface area (Å²) in [6, 6.07) is 1.17. The molecule has 3 nitrogen and oxygen atoms in total. The van der Waals surface area contributed by atoms with Gasteiger partial charge in [0.15, 0.2) is 11.6 Å². The van der Waals surface area contributed by atoms with Gasteiger partial charge < -0.3 is 11.1 Å². The molecule has 0 bridgehead atoms. The number of halogens is 3. The number of nitrogens with two attached hydrogens (primary N) is 1. The van der Waals surface area contributed by atoms with E-state index < -0.39 is 17.5 Å². The van der Waals surface area contributed by atoms with Crippen molar-refractivity contribution >= 4 is 11.6 Å². The highest BCUT2D eigenvalue weighted by Gasteiger charge is 2.25. The van der Waals surface area contributed by atoms with Crippen LogP contribution in [0.2, 0.25) is 0 Å². The van der Waals surface area contributed by atoms with Crippen LogP contribution in [-0.4, -0.2) is 11.9 Å². The Labute approximate surface area is 109 Å². The average Bonchev–Trinajstić information content (AvgIpc) is 2.36. The predicted octanol–water partition coefficient (Wildman–Crippen LogP) is 2.56. The van der Waals surface area contributed by atoms with Crippen LogP contribution in [0.15, 0.2) is 12.1 Å². The van der Waals surface area contributed by atoms with Crippen LogP contribution in [-0.2, 0) is 4.79 Å². The van der Waals surface area contributed by atoms with E-state index in [0.29, 0.717) is 25.0 Å². The Kier molecular flexibility index (Phi) is 4.09. The number of nitrogens with one attached hydrogen (secondary N) is 1. The van der Waals surface area contributed by atoms with Crippen molar-refractivity contribution in [1.29, 1.82) is 0 Å². The molecule has 0 radical (unpaired) electrons. The molecule has 0 atom stereocenters. The Morgan fingerprint density at radius 3 is 2.26 bits per heavy atom. The van der Waals surface area contributed by atoms with Crippen molar-refractivity contribution in [3.63, 3.8) is 0 Å². The first kappa shape index (κ1) is 13.9. The third kappa shape index (κ3) is 3.26. The van der Waals surface area contributed by atoms with Crippen molar-refractivity contribution in [1.82, 2.24) is 0 Å². The van der Waals surface area contributed by atoms with Crippen LogP contribution in [0.1, 0.15) is 25.7 Å². The summed E-state index contributed by atoms with van der Waals surface area (Å²) in [5.41, 5.74) is 5.39. The Bertz CT molecular complexity index is 485. The molecule has 0 unspecified atom stereocenters. The normalized spacial score (nSPS) is 23.2. The molecule has 19 heavy (non-hydrogen) atoms. The van der Waals surface area contributed by atoms with Gasteiger partial charge in [0.2, 0.25) is 5.91 Å². The monoisotopic (exact) mass is 272 g/mol. The molecule has 1 aliphatic rings. The Hall–Kier alpha value is -1.56. The Morgan fingerprint density at radius 1 is 1.05 bits per heavy atom. The first-order valence-electron chi connectivity index (χ1n) is 6.18. The van der Waals surface area contributed by atoms with Crippen LogP contribution in [0.4, 0.5) is 18.9 Å². The maximum absolute atomic E-state index is 13.4. The lowest BCUT2D eigenvalue weighted by Gasteiger charge is -2.25. The van der Waals surface area contributed by atoms with Gasteiger partial charge in [-0.3, -0.25) is 4.79 Å². The zero-order valence-electron chi connectivity index (χ0n) is 10.3. The molecule has 3 N–H and O–H groups in total. The van der Waals surface area contributed by atoms with Crippen LogP contribution >= 0.6 is 0 Å². The predicted molar refractivity (Wildman–Crippen MR) is 64.9 cm³/mol. The van der Waals surface area contributed by atoms with Crippen LogP contribution in [0.25, 0.3) is 0 Å². The SMILES string of the molecule is NC1CCC(C(=O)Nc2cc(F)c(F)cc2F)CC1. The number of rotatable bonds is 2. The fraction of sp³-hybridized carbons (Fsp3) is 0.462. The van der Waals surface area contributed by atoms with E-state index in [1.807, 2.05) is 0 Å². The third-order valence-corrected chi connectivity index (χ3v) is 3.41. The van der Waals surface area contributed by atoms with Crippen LogP contribution in [0.3, 0.4) is 0 Å². The number of amides is 1. The van der Waals surface area contributed by atoms with E-state index in [9.17, 15) is 18.0 Å². The molecule has 0 aliphatic heterocycles. The lowest BCUT2D eigenvalue weighted by atomic mass is 9.86. The molecule has 1 fully saturated rings. The molecule has 2 rings (SSSR count). The minimum atomic E-state index is -1.28. The van der Waals surface area contributed by atoms with Gasteiger partial charge >= 0.3 is 0 Å². The standard InChI is InChI=1S/C13H15F3N2O/c14-9-5-11(16)12(6-10(9)15)18-13(19)7-1-3-8(17)4-2-7/h5-8H,1-4,17H2,(H,18,19). The lowest BCUT2D eigenvalue weighted by molar-refractivity contribution is -0.120. The fourth-order valence-corrected chi connectivity index (χ4v) is 2.23. The number of hydrogen-bond acceptors (Lipinski definition) is 2. The van der Waals surface area contributed by atoms with E-state index >= 15 is 0 Å². The summed E-state index contributed by atoms with van der Waals surface area (Å²) < 4.78 is 39.1. The van der Waals surface area contributed by atoms with Crippen molar-refractivity contribution in [2.75, 3.05) is 5.32 Å². The summed E-state index contributed by atoms with van der Waals surface area (Å²) in [4.78, 5) is 11.9. The quantitative estimate of drug-likeness (QED) is 0.813. The molecule has 1 amide bonds. The largest absolute Gasteiger partial charge is 0.328 e. The molecular formula is C13H15F3N2O. The smallest absolute Gasteiger partial charge is 0.227 e. The molecule has 1 aliphatic carbocycles. The molecule has 0 heterocycles. The zero-order valence-corrected chi connectivity index (χ0v) is 10.3. The van der Waals surface area contributed by atoms with Crippen LogP contribution in [0.5, 0.6) is 0 Å². The molecular weight excluding hydrogens is 257 g/mol. The van der Waals surface area contributed by atoms with Gasteiger partial charge in [-0.15, -0.1) is 0 Å². The molecule has 6 heteroatoms. The van der Waals surface area contributed by atoms with Gasteiger partial charge in [-0.05, 0) is 25.7 Å². The summed E-state index contributed by atoms with van der Waals surface area (Å²) >= 11 is 0. The highest BCUT2D eigenvalue weighted by molar-refractivity contribution is 5.92. The maximum atomic E-state index is 13.4. The fourth-order valence-electron chi connectivity index (χ4n) is 2.23. The van der Waals surface area contributed by atoms with Crippen molar-refractivity contribution < 1.29 is 18.0 Å². The minimum Gasteiger partial charge on any atom is -0.328 e. The number of carbonyl (C=O) groups is 1. The van der Waals surface area contributed by atoms with Gasteiger partial charge in [-0.1, -0.05) is 0 Å². The van der Waals surface area contributed by atoms with Crippen molar-refractivity contribution in [2.45, 2.75) is 31.7 Å². The first-order chi connectivity index (χ1) is 8.97. The van der Waals surface area contributed by atoms with E-state index in [-0.39, 0.29) is 23.6 Å². The van der Waals surface area contributed by atoms with Crippen LogP contribution < -0.4 is 11.1 Å². The molecule has 0 spiro atoms. The second-order valence-electron chi connectivity index (χ2n) is 4.85. The van der Waals surface area contributed by atoms with Crippen molar-refractivity contribution in [3.8, 4) is 0 Å². The van der Waals surface area contributed by atoms with Crippen LogP contribution in [0, 0.1) is 23.4 Å². The van der Waals surface area contributed by atoms with E-state index in [4.69, 9.17) is 5.73 Å². The topological polar surface area (TPSA) is 55.1 Å². The number of benzene rings is 1. The third-order valence-electron chi connectivity index (χ3n) is 3.41. The van der Waals surface area contributed by atoms with Crippen molar-refractivity contribution in [2.24, 2.45) is 11.7 Å². The van der Waals surface area contributed by atoms with E-state index in [1.165, 1.54) is 0 Å². The van der Waals surface area contributed by atoms with E-state index in [2.05, 4.69) is 5.32 Å². The lowest BCUT2D eigenvalue weighted by Crippen LogP contribution is -2.32. The van der Waals surface area contributed by atoms with E-state index in [0.717, 1.165) is 12.8 Å². The molecule has 0 aromatic heterocycles. The zero-order chi connectivity index (χ0) is 14.0. The summed E-state index contributed by atoms with van der Waals surface area (Å²) in [5.74, 6) is -4.09. The Morgan fingerprint density at radius 2 is 1.63 bits per heavy atom.